The van der Waals surface area contributed by atoms with Crippen molar-refractivity contribution in [1.29, 1.82) is 0 Å². The van der Waals surface area contributed by atoms with Gasteiger partial charge in [0.2, 0.25) is 0 Å². The minimum Gasteiger partial charge on any atom is -0.378 e. The molecule has 13 heavy (non-hydrogen) atoms. The minimum atomic E-state index is 0.884. The molecule has 1 nitrogen and oxygen atoms in total. The molecule has 0 saturated heterocycles. The van der Waals surface area contributed by atoms with Crippen LogP contribution in [0.1, 0.15) is 11.1 Å². The van der Waals surface area contributed by atoms with Crippen molar-refractivity contribution in [2.75, 3.05) is 19.0 Å². The molecule has 1 rings (SSSR count). The van der Waals surface area contributed by atoms with E-state index in [1.165, 1.54) is 16.8 Å². The lowest BCUT2D eigenvalue weighted by Gasteiger charge is -2.14. The number of nitrogens with zero attached hydrogens (tertiary/aromatic N) is 1. The Morgan fingerprint density at radius 1 is 1.38 bits per heavy atom. The Balaban J connectivity index is 3.14. The number of hydrogen-bond donors (Lipinski definition) is 0. The molecule has 1 aromatic carbocycles. The number of alkyl halides is 1. The highest BCUT2D eigenvalue weighted by atomic mass is 79.9. The maximum atomic E-state index is 3.77. The molecule has 0 heterocycles. The van der Waals surface area contributed by atoms with Crippen LogP contribution in [-0.2, 0) is 5.33 Å². The van der Waals surface area contributed by atoms with Crippen LogP contribution in [0.4, 0.5) is 5.69 Å². The second kappa shape index (κ2) is 4.47. The van der Waals surface area contributed by atoms with Gasteiger partial charge in [-0.25, -0.2) is 0 Å². The summed E-state index contributed by atoms with van der Waals surface area (Å²) in [6, 6.07) is 6.43. The van der Waals surface area contributed by atoms with Gasteiger partial charge < -0.3 is 4.90 Å². The highest BCUT2D eigenvalue weighted by Gasteiger charge is 1.99. The van der Waals surface area contributed by atoms with Gasteiger partial charge in [-0.15, -0.1) is 0 Å². The van der Waals surface area contributed by atoms with Crippen LogP contribution in [0.2, 0.25) is 0 Å². The number of benzene rings is 1. The Kier molecular flexibility index (Phi) is 3.55. The van der Waals surface area contributed by atoms with Crippen LogP contribution in [0, 0.1) is 0 Å². The van der Waals surface area contributed by atoms with E-state index in [2.05, 4.69) is 45.6 Å². The first-order valence-corrected chi connectivity index (χ1v) is 5.29. The monoisotopic (exact) mass is 239 g/mol. The van der Waals surface area contributed by atoms with Crippen LogP contribution >= 0.6 is 15.9 Å². The Labute approximate surface area is 88.2 Å². The largest absolute Gasteiger partial charge is 0.378 e. The van der Waals surface area contributed by atoms with Gasteiger partial charge in [0, 0.05) is 25.1 Å². The predicted molar refractivity (Wildman–Crippen MR) is 63.5 cm³/mol. The van der Waals surface area contributed by atoms with E-state index in [4.69, 9.17) is 0 Å². The van der Waals surface area contributed by atoms with Crippen molar-refractivity contribution in [3.05, 3.63) is 35.9 Å². The fourth-order valence-electron chi connectivity index (χ4n) is 1.15. The molecular formula is C11H14BrN. The van der Waals surface area contributed by atoms with Gasteiger partial charge in [-0.1, -0.05) is 34.7 Å². The summed E-state index contributed by atoms with van der Waals surface area (Å²) >= 11 is 3.45. The molecule has 0 spiro atoms. The van der Waals surface area contributed by atoms with E-state index in [1.54, 1.807) is 0 Å². The molecule has 0 saturated carbocycles. The molecule has 70 valence electrons. The first-order valence-electron chi connectivity index (χ1n) is 4.17. The summed E-state index contributed by atoms with van der Waals surface area (Å²) in [4.78, 5) is 2.10. The highest BCUT2D eigenvalue weighted by molar-refractivity contribution is 9.08. The molecule has 2 heteroatoms. The van der Waals surface area contributed by atoms with Gasteiger partial charge in [-0.3, -0.25) is 0 Å². The topological polar surface area (TPSA) is 3.24 Å². The van der Waals surface area contributed by atoms with Crippen LogP contribution in [0.3, 0.4) is 0 Å². The maximum Gasteiger partial charge on any atom is 0.0370 e. The van der Waals surface area contributed by atoms with Crippen molar-refractivity contribution in [3.8, 4) is 0 Å². The lowest BCUT2D eigenvalue weighted by atomic mass is 10.1. The molecule has 1 aromatic rings. The van der Waals surface area contributed by atoms with Gasteiger partial charge in [0.15, 0.2) is 0 Å². The summed E-state index contributed by atoms with van der Waals surface area (Å²) in [7, 11) is 4.08. The average molecular weight is 240 g/mol. The molecule has 0 atom stereocenters. The van der Waals surface area contributed by atoms with E-state index in [0.29, 0.717) is 0 Å². The fraction of sp³-hybridized carbons (Fsp3) is 0.273. The molecule has 0 unspecified atom stereocenters. The molecule has 0 aliphatic rings. The quantitative estimate of drug-likeness (QED) is 0.733. The molecule has 0 aromatic heterocycles. The van der Waals surface area contributed by atoms with E-state index in [-0.39, 0.29) is 0 Å². The lowest BCUT2D eigenvalue weighted by molar-refractivity contribution is 1.12. The first-order chi connectivity index (χ1) is 6.17. The maximum absolute atomic E-state index is 3.77. The smallest absolute Gasteiger partial charge is 0.0370 e. The molecule has 0 bridgehead atoms. The molecule has 0 fully saturated rings. The molecule has 0 radical (unpaired) electrons. The second-order valence-corrected chi connectivity index (χ2v) is 3.73. The SMILES string of the molecule is C=Cc1cc(CBr)cc(N(C)C)c1. The third-order valence-corrected chi connectivity index (χ3v) is 2.55. The van der Waals surface area contributed by atoms with Gasteiger partial charge in [0.1, 0.15) is 0 Å². The minimum absolute atomic E-state index is 0.884. The highest BCUT2D eigenvalue weighted by Crippen LogP contribution is 2.19. The molecule has 0 N–H and O–H groups in total. The number of anilines is 1. The van der Waals surface area contributed by atoms with Crippen LogP contribution in [-0.4, -0.2) is 14.1 Å². The standard InChI is InChI=1S/C11H14BrN/c1-4-9-5-10(8-12)7-11(6-9)13(2)3/h4-7H,1,8H2,2-3H3. The van der Waals surface area contributed by atoms with Gasteiger partial charge in [-0.05, 0) is 23.3 Å². The van der Waals surface area contributed by atoms with Crippen LogP contribution in [0.25, 0.3) is 6.08 Å². The van der Waals surface area contributed by atoms with E-state index in [9.17, 15) is 0 Å². The normalized spacial score (nSPS) is 9.77. The molecule has 0 aliphatic carbocycles. The predicted octanol–water partition coefficient (Wildman–Crippen LogP) is 3.29. The van der Waals surface area contributed by atoms with E-state index in [1.807, 2.05) is 20.2 Å². The summed E-state index contributed by atoms with van der Waals surface area (Å²) in [6.45, 7) is 3.77. The van der Waals surface area contributed by atoms with Crippen molar-refractivity contribution in [1.82, 2.24) is 0 Å². The number of rotatable bonds is 3. The van der Waals surface area contributed by atoms with Gasteiger partial charge >= 0.3 is 0 Å². The van der Waals surface area contributed by atoms with Crippen LogP contribution in [0.15, 0.2) is 24.8 Å². The third-order valence-electron chi connectivity index (χ3n) is 1.91. The summed E-state index contributed by atoms with van der Waals surface area (Å²) < 4.78 is 0. The summed E-state index contributed by atoms with van der Waals surface area (Å²) in [5, 5.41) is 0.884. The van der Waals surface area contributed by atoms with E-state index < -0.39 is 0 Å². The molecule has 0 aliphatic heterocycles. The zero-order valence-electron chi connectivity index (χ0n) is 8.05. The van der Waals surface area contributed by atoms with Crippen molar-refractivity contribution < 1.29 is 0 Å². The van der Waals surface area contributed by atoms with Gasteiger partial charge in [0.25, 0.3) is 0 Å². The van der Waals surface area contributed by atoms with E-state index in [0.717, 1.165) is 5.33 Å². The summed E-state index contributed by atoms with van der Waals surface area (Å²) in [5.74, 6) is 0. The average Bonchev–Trinajstić information content (AvgIpc) is 2.16. The second-order valence-electron chi connectivity index (χ2n) is 3.16. The lowest BCUT2D eigenvalue weighted by Crippen LogP contribution is -2.08. The van der Waals surface area contributed by atoms with E-state index >= 15 is 0 Å². The number of halogens is 1. The van der Waals surface area contributed by atoms with Gasteiger partial charge in [-0.2, -0.15) is 0 Å². The Morgan fingerprint density at radius 2 is 2.08 bits per heavy atom. The summed E-state index contributed by atoms with van der Waals surface area (Å²) in [5.41, 5.74) is 3.66. The summed E-state index contributed by atoms with van der Waals surface area (Å²) in [6.07, 6.45) is 1.87. The molecular weight excluding hydrogens is 226 g/mol. The van der Waals surface area contributed by atoms with Crippen molar-refractivity contribution in [3.63, 3.8) is 0 Å². The molecule has 0 amide bonds. The van der Waals surface area contributed by atoms with Crippen molar-refractivity contribution in [2.24, 2.45) is 0 Å². The van der Waals surface area contributed by atoms with Crippen molar-refractivity contribution >= 4 is 27.7 Å². The Morgan fingerprint density at radius 3 is 2.54 bits per heavy atom. The van der Waals surface area contributed by atoms with Gasteiger partial charge in [0.05, 0.1) is 0 Å². The van der Waals surface area contributed by atoms with Crippen molar-refractivity contribution in [2.45, 2.75) is 5.33 Å². The number of hydrogen-bond acceptors (Lipinski definition) is 1. The zero-order chi connectivity index (χ0) is 9.84. The third kappa shape index (κ3) is 2.59. The van der Waals surface area contributed by atoms with Crippen LogP contribution < -0.4 is 4.90 Å². The first kappa shape index (κ1) is 10.3. The van der Waals surface area contributed by atoms with Crippen LogP contribution in [0.5, 0.6) is 0 Å². The Hall–Kier alpha value is -0.760. The zero-order valence-corrected chi connectivity index (χ0v) is 9.63. The Bertz CT molecular complexity index is 305. The fourth-order valence-corrected chi connectivity index (χ4v) is 1.48.